The summed E-state index contributed by atoms with van der Waals surface area (Å²) in [6.07, 6.45) is 0. The second-order valence-corrected chi connectivity index (χ2v) is 12.6. The van der Waals surface area contributed by atoms with Crippen LogP contribution in [0.4, 0.5) is 11.4 Å². The molecule has 4 aromatic carbocycles. The maximum atomic E-state index is 6.21. The SMILES string of the molecule is C[Si]1c2ccccc2Nc2ccc(-c3ccc4c(c3)[Si](C)c3ccccc3O4)cc21. The van der Waals surface area contributed by atoms with E-state index in [0.717, 1.165) is 11.5 Å². The molecule has 1 N–H and O–H groups in total. The van der Waals surface area contributed by atoms with Crippen LogP contribution in [0.2, 0.25) is 13.1 Å². The number of rotatable bonds is 1. The molecule has 6 rings (SSSR count). The summed E-state index contributed by atoms with van der Waals surface area (Å²) in [4.78, 5) is 0. The Hall–Kier alpha value is -3.09. The molecular weight excluding hydrogens is 398 g/mol. The zero-order valence-corrected chi connectivity index (χ0v) is 19.0. The molecule has 0 spiro atoms. The largest absolute Gasteiger partial charge is 0.458 e. The monoisotopic (exact) mass is 419 g/mol. The van der Waals surface area contributed by atoms with E-state index in [1.807, 2.05) is 0 Å². The first kappa shape index (κ1) is 17.7. The van der Waals surface area contributed by atoms with Gasteiger partial charge in [-0.3, -0.25) is 0 Å². The second kappa shape index (κ2) is 6.72. The smallest absolute Gasteiger partial charge is 0.128 e. The van der Waals surface area contributed by atoms with Crippen molar-refractivity contribution in [2.45, 2.75) is 13.1 Å². The van der Waals surface area contributed by atoms with Gasteiger partial charge >= 0.3 is 0 Å². The first-order valence-electron chi connectivity index (χ1n) is 10.3. The van der Waals surface area contributed by atoms with Gasteiger partial charge < -0.3 is 10.1 Å². The van der Waals surface area contributed by atoms with E-state index in [1.54, 1.807) is 0 Å². The zero-order chi connectivity index (χ0) is 20.2. The highest BCUT2D eigenvalue weighted by Gasteiger charge is 2.27. The molecule has 2 heterocycles. The summed E-state index contributed by atoms with van der Waals surface area (Å²) in [5, 5.41) is 9.26. The Morgan fingerprint density at radius 3 is 2.03 bits per heavy atom. The van der Waals surface area contributed by atoms with E-state index in [4.69, 9.17) is 4.74 Å². The second-order valence-electron chi connectivity index (χ2n) is 7.99. The molecule has 0 saturated heterocycles. The maximum absolute atomic E-state index is 6.21. The van der Waals surface area contributed by atoms with Crippen LogP contribution in [0.3, 0.4) is 0 Å². The summed E-state index contributed by atoms with van der Waals surface area (Å²) >= 11 is 0. The molecule has 0 atom stereocenters. The van der Waals surface area contributed by atoms with Crippen LogP contribution in [0.5, 0.6) is 11.5 Å². The molecule has 0 aromatic heterocycles. The zero-order valence-electron chi connectivity index (χ0n) is 17.0. The lowest BCUT2D eigenvalue weighted by molar-refractivity contribution is 0.487. The molecule has 2 radical (unpaired) electrons. The van der Waals surface area contributed by atoms with E-state index in [2.05, 4.69) is 103 Å². The highest BCUT2D eigenvalue weighted by Crippen LogP contribution is 2.29. The molecule has 4 heteroatoms. The summed E-state index contributed by atoms with van der Waals surface area (Å²) in [7, 11) is -1.62. The molecule has 2 aliphatic heterocycles. The third kappa shape index (κ3) is 2.68. The van der Waals surface area contributed by atoms with Crippen molar-refractivity contribution in [2.24, 2.45) is 0 Å². The van der Waals surface area contributed by atoms with Gasteiger partial charge in [0.25, 0.3) is 0 Å². The predicted octanol–water partition coefficient (Wildman–Crippen LogP) is 3.99. The lowest BCUT2D eigenvalue weighted by Crippen LogP contribution is -2.45. The summed E-state index contributed by atoms with van der Waals surface area (Å²) < 4.78 is 6.21. The van der Waals surface area contributed by atoms with Crippen LogP contribution >= 0.6 is 0 Å². The topological polar surface area (TPSA) is 21.3 Å². The van der Waals surface area contributed by atoms with Gasteiger partial charge in [0.2, 0.25) is 0 Å². The summed E-state index contributed by atoms with van der Waals surface area (Å²) in [5.41, 5.74) is 5.08. The third-order valence-electron chi connectivity index (χ3n) is 6.25. The van der Waals surface area contributed by atoms with Gasteiger partial charge in [0.1, 0.15) is 29.1 Å². The highest BCUT2D eigenvalue weighted by molar-refractivity contribution is 6.87. The van der Waals surface area contributed by atoms with Gasteiger partial charge in [-0.1, -0.05) is 73.8 Å². The van der Waals surface area contributed by atoms with E-state index in [0.29, 0.717) is 0 Å². The minimum Gasteiger partial charge on any atom is -0.458 e. The standard InChI is InChI=1S/C26H21NOSi2/c1-29-23-9-5-3-7-19(23)27-20-13-11-17(15-25(20)29)18-12-14-22-26(16-18)30(2)24-10-6-4-8-21(24)28-22/h3-16,27H,1-2H3. The first-order chi connectivity index (χ1) is 14.7. The van der Waals surface area contributed by atoms with Gasteiger partial charge in [-0.05, 0) is 56.1 Å². The molecule has 2 nitrogen and oxygen atoms in total. The van der Waals surface area contributed by atoms with Crippen LogP contribution in [-0.4, -0.2) is 17.6 Å². The summed E-state index contributed by atoms with van der Waals surface area (Å²) in [5.74, 6) is 2.04. The van der Waals surface area contributed by atoms with Crippen molar-refractivity contribution < 1.29 is 4.74 Å². The fourth-order valence-corrected chi connectivity index (χ4v) is 8.70. The molecule has 144 valence electrons. The number of hydrogen-bond donors (Lipinski definition) is 1. The molecule has 2 aliphatic rings. The normalized spacial score (nSPS) is 14.6. The van der Waals surface area contributed by atoms with Crippen molar-refractivity contribution in [3.63, 3.8) is 0 Å². The van der Waals surface area contributed by atoms with Crippen molar-refractivity contribution in [3.8, 4) is 22.6 Å². The molecule has 0 amide bonds. The third-order valence-corrected chi connectivity index (χ3v) is 11.1. The first-order valence-corrected chi connectivity index (χ1v) is 14.3. The Labute approximate surface area is 180 Å². The lowest BCUT2D eigenvalue weighted by atomic mass is 10.0. The minimum atomic E-state index is -0.834. The average Bonchev–Trinajstić information content (AvgIpc) is 2.79. The minimum absolute atomic E-state index is 0.784. The Morgan fingerprint density at radius 2 is 1.17 bits per heavy atom. The van der Waals surface area contributed by atoms with Gasteiger partial charge in [0.15, 0.2) is 0 Å². The fraction of sp³-hybridized carbons (Fsp3) is 0.0769. The van der Waals surface area contributed by atoms with E-state index in [-0.39, 0.29) is 0 Å². The van der Waals surface area contributed by atoms with Gasteiger partial charge in [-0.25, -0.2) is 0 Å². The molecule has 4 aromatic rings. The molecule has 0 aliphatic carbocycles. The van der Waals surface area contributed by atoms with Gasteiger partial charge in [0.05, 0.1) is 0 Å². The number of nitrogens with one attached hydrogen (secondary N) is 1. The van der Waals surface area contributed by atoms with Crippen molar-refractivity contribution in [2.75, 3.05) is 5.32 Å². The van der Waals surface area contributed by atoms with Crippen molar-refractivity contribution in [1.82, 2.24) is 0 Å². The number of anilines is 2. The number of para-hydroxylation sites is 2. The molecular formula is C26H21NOSi2. The number of fused-ring (bicyclic) bond motifs is 4. The van der Waals surface area contributed by atoms with E-state index in [9.17, 15) is 0 Å². The summed E-state index contributed by atoms with van der Waals surface area (Å²) in [6, 6.07) is 30.8. The van der Waals surface area contributed by atoms with Crippen LogP contribution < -0.4 is 30.8 Å². The number of hydrogen-bond acceptors (Lipinski definition) is 2. The van der Waals surface area contributed by atoms with Crippen LogP contribution in [0.15, 0.2) is 84.9 Å². The average molecular weight is 420 g/mol. The fourth-order valence-electron chi connectivity index (χ4n) is 4.57. The Balaban J connectivity index is 1.41. The van der Waals surface area contributed by atoms with E-state index in [1.165, 1.54) is 43.2 Å². The molecule has 0 saturated carbocycles. The van der Waals surface area contributed by atoms with Crippen LogP contribution in [0, 0.1) is 0 Å². The van der Waals surface area contributed by atoms with Gasteiger partial charge in [-0.2, -0.15) is 0 Å². The Bertz CT molecular complexity index is 1200. The molecule has 30 heavy (non-hydrogen) atoms. The summed E-state index contributed by atoms with van der Waals surface area (Å²) in [6.45, 7) is 4.77. The van der Waals surface area contributed by atoms with Crippen molar-refractivity contribution in [1.29, 1.82) is 0 Å². The van der Waals surface area contributed by atoms with Crippen LogP contribution in [0.25, 0.3) is 11.1 Å². The maximum Gasteiger partial charge on any atom is 0.128 e. The van der Waals surface area contributed by atoms with E-state index < -0.39 is 17.6 Å². The van der Waals surface area contributed by atoms with Crippen LogP contribution in [-0.2, 0) is 0 Å². The van der Waals surface area contributed by atoms with Gasteiger partial charge in [0, 0.05) is 11.4 Å². The lowest BCUT2D eigenvalue weighted by Gasteiger charge is -2.27. The Kier molecular flexibility index (Phi) is 3.98. The van der Waals surface area contributed by atoms with Crippen molar-refractivity contribution >= 4 is 49.7 Å². The molecule has 0 bridgehead atoms. The predicted molar refractivity (Wildman–Crippen MR) is 130 cm³/mol. The molecule has 0 fully saturated rings. The highest BCUT2D eigenvalue weighted by atomic mass is 28.3. The van der Waals surface area contributed by atoms with Gasteiger partial charge in [-0.15, -0.1) is 0 Å². The van der Waals surface area contributed by atoms with E-state index >= 15 is 0 Å². The Morgan fingerprint density at radius 1 is 0.567 bits per heavy atom. The molecule has 0 unspecified atom stereocenters. The van der Waals surface area contributed by atoms with Crippen LogP contribution in [0.1, 0.15) is 0 Å². The number of ether oxygens (including phenoxy) is 1. The van der Waals surface area contributed by atoms with Crippen molar-refractivity contribution in [3.05, 3.63) is 84.9 Å². The quantitative estimate of drug-likeness (QED) is 0.471. The number of benzene rings is 4.